The van der Waals surface area contributed by atoms with Crippen molar-refractivity contribution in [2.75, 3.05) is 13.1 Å². The SMILES string of the molecule is Fc1cccc(-c2ncnc3c2CCN(Cc2cccnc2)CC3)c1.O=C(O)C(F)(F)F.O=C(O)C(F)(F)F. The first kappa shape index (κ1) is 31.1. The molecule has 39 heavy (non-hydrogen) atoms. The van der Waals surface area contributed by atoms with Crippen molar-refractivity contribution in [3.05, 3.63) is 77.8 Å². The van der Waals surface area contributed by atoms with Gasteiger partial charge in [-0.1, -0.05) is 18.2 Å². The van der Waals surface area contributed by atoms with Gasteiger partial charge in [-0.2, -0.15) is 26.3 Å². The standard InChI is InChI=1S/C20H19FN4.2C2HF3O2/c21-17-5-1-4-16(11-17)20-18-6-9-25(10-7-19(18)23-14-24-20)13-15-3-2-8-22-12-15;2*3-2(4,5)1(6)7/h1-5,8,11-12,14H,6-7,9-10,13H2;2*(H,6,7). The summed E-state index contributed by atoms with van der Waals surface area (Å²) in [6.45, 7) is 2.75. The van der Waals surface area contributed by atoms with Crippen LogP contribution in [0.15, 0.2) is 55.1 Å². The summed E-state index contributed by atoms with van der Waals surface area (Å²) >= 11 is 0. The number of halogens is 7. The van der Waals surface area contributed by atoms with Crippen LogP contribution in [-0.4, -0.2) is 67.4 Å². The van der Waals surface area contributed by atoms with E-state index in [0.717, 1.165) is 55.0 Å². The van der Waals surface area contributed by atoms with E-state index < -0.39 is 24.3 Å². The van der Waals surface area contributed by atoms with E-state index in [-0.39, 0.29) is 5.82 Å². The van der Waals surface area contributed by atoms with Gasteiger partial charge in [0.2, 0.25) is 0 Å². The van der Waals surface area contributed by atoms with Crippen LogP contribution in [0.3, 0.4) is 0 Å². The monoisotopic (exact) mass is 562 g/mol. The van der Waals surface area contributed by atoms with E-state index in [4.69, 9.17) is 19.8 Å². The van der Waals surface area contributed by atoms with Gasteiger partial charge in [0, 0.05) is 55.3 Å². The topological polar surface area (TPSA) is 117 Å². The number of fused-ring (bicyclic) bond motifs is 1. The number of hydrogen-bond donors (Lipinski definition) is 2. The van der Waals surface area contributed by atoms with Gasteiger partial charge in [0.15, 0.2) is 0 Å². The second kappa shape index (κ2) is 13.6. The summed E-state index contributed by atoms with van der Waals surface area (Å²) < 4.78 is 77.1. The first-order valence-corrected chi connectivity index (χ1v) is 11.0. The summed E-state index contributed by atoms with van der Waals surface area (Å²) in [5.74, 6) is -5.75. The van der Waals surface area contributed by atoms with Crippen LogP contribution in [-0.2, 0) is 29.0 Å². The van der Waals surface area contributed by atoms with E-state index in [0.29, 0.717) is 0 Å². The normalized spacial score (nSPS) is 13.5. The highest BCUT2D eigenvalue weighted by Crippen LogP contribution is 2.26. The van der Waals surface area contributed by atoms with Gasteiger partial charge in [-0.3, -0.25) is 9.88 Å². The number of carbonyl (C=O) groups is 2. The number of aliphatic carboxylic acids is 2. The average molecular weight is 562 g/mol. The number of alkyl halides is 6. The lowest BCUT2D eigenvalue weighted by Gasteiger charge is -2.19. The molecule has 0 aliphatic carbocycles. The predicted molar refractivity (Wildman–Crippen MR) is 122 cm³/mol. The number of rotatable bonds is 3. The van der Waals surface area contributed by atoms with E-state index in [9.17, 15) is 30.7 Å². The molecule has 0 radical (unpaired) electrons. The summed E-state index contributed by atoms with van der Waals surface area (Å²) in [4.78, 5) is 33.3. The molecule has 0 saturated heterocycles. The summed E-state index contributed by atoms with van der Waals surface area (Å²) in [6, 6.07) is 10.7. The molecule has 1 aromatic carbocycles. The Hall–Kier alpha value is -4.14. The minimum Gasteiger partial charge on any atom is -0.475 e. The van der Waals surface area contributed by atoms with Crippen molar-refractivity contribution in [2.45, 2.75) is 31.7 Å². The van der Waals surface area contributed by atoms with Gasteiger partial charge in [-0.05, 0) is 30.2 Å². The zero-order chi connectivity index (χ0) is 29.2. The van der Waals surface area contributed by atoms with Gasteiger partial charge in [-0.25, -0.2) is 23.9 Å². The van der Waals surface area contributed by atoms with Crippen LogP contribution < -0.4 is 0 Å². The minimum absolute atomic E-state index is 0.239. The molecule has 0 fully saturated rings. The van der Waals surface area contributed by atoms with Crippen LogP contribution in [0.4, 0.5) is 30.7 Å². The lowest BCUT2D eigenvalue weighted by Crippen LogP contribution is -2.26. The van der Waals surface area contributed by atoms with Crippen LogP contribution in [0.25, 0.3) is 11.3 Å². The molecule has 3 aromatic rings. The molecule has 15 heteroatoms. The van der Waals surface area contributed by atoms with E-state index >= 15 is 0 Å². The lowest BCUT2D eigenvalue weighted by molar-refractivity contribution is -0.193. The van der Waals surface area contributed by atoms with Crippen LogP contribution >= 0.6 is 0 Å². The van der Waals surface area contributed by atoms with E-state index in [1.807, 2.05) is 18.3 Å². The fraction of sp³-hybridized carbons (Fsp3) is 0.292. The number of pyridine rings is 1. The van der Waals surface area contributed by atoms with Gasteiger partial charge in [-0.15, -0.1) is 0 Å². The minimum atomic E-state index is -5.08. The van der Waals surface area contributed by atoms with E-state index in [1.165, 1.54) is 11.6 Å². The Morgan fingerprint density at radius 3 is 2.05 bits per heavy atom. The van der Waals surface area contributed by atoms with Gasteiger partial charge in [0.05, 0.1) is 5.69 Å². The zero-order valence-corrected chi connectivity index (χ0v) is 19.9. The van der Waals surface area contributed by atoms with Crippen molar-refractivity contribution in [3.8, 4) is 11.3 Å². The number of carboxylic acid groups (broad SMARTS) is 2. The fourth-order valence-corrected chi connectivity index (χ4v) is 3.37. The number of hydrogen-bond acceptors (Lipinski definition) is 6. The molecule has 4 rings (SSSR count). The predicted octanol–water partition coefficient (Wildman–Crippen LogP) is 4.55. The maximum Gasteiger partial charge on any atom is 0.490 e. The number of carboxylic acids is 2. The zero-order valence-electron chi connectivity index (χ0n) is 19.9. The van der Waals surface area contributed by atoms with Crippen molar-refractivity contribution >= 4 is 11.9 Å². The van der Waals surface area contributed by atoms with E-state index in [1.54, 1.807) is 24.7 Å². The van der Waals surface area contributed by atoms with Crippen molar-refractivity contribution in [1.29, 1.82) is 0 Å². The summed E-state index contributed by atoms with van der Waals surface area (Å²) in [5.41, 5.74) is 5.10. The highest BCUT2D eigenvalue weighted by atomic mass is 19.4. The average Bonchev–Trinajstić information content (AvgIpc) is 3.06. The summed E-state index contributed by atoms with van der Waals surface area (Å²) in [5, 5.41) is 14.2. The number of benzene rings is 1. The fourth-order valence-electron chi connectivity index (χ4n) is 3.37. The molecule has 0 amide bonds. The van der Waals surface area contributed by atoms with Crippen molar-refractivity contribution < 1.29 is 50.5 Å². The molecule has 0 bridgehead atoms. The van der Waals surface area contributed by atoms with Crippen LogP contribution in [0.1, 0.15) is 16.8 Å². The third-order valence-corrected chi connectivity index (χ3v) is 5.09. The third-order valence-electron chi connectivity index (χ3n) is 5.09. The lowest BCUT2D eigenvalue weighted by atomic mass is 10.0. The quantitative estimate of drug-likeness (QED) is 0.447. The Bertz CT molecular complexity index is 1230. The largest absolute Gasteiger partial charge is 0.490 e. The van der Waals surface area contributed by atoms with Crippen molar-refractivity contribution in [3.63, 3.8) is 0 Å². The molecular formula is C24H21F7N4O4. The maximum atomic E-state index is 13.6. The first-order chi connectivity index (χ1) is 18.2. The molecule has 3 heterocycles. The molecule has 2 N–H and O–H groups in total. The van der Waals surface area contributed by atoms with Crippen LogP contribution in [0.2, 0.25) is 0 Å². The third kappa shape index (κ3) is 10.3. The van der Waals surface area contributed by atoms with Gasteiger partial charge < -0.3 is 10.2 Å². The molecule has 0 atom stereocenters. The molecule has 0 spiro atoms. The molecule has 2 aromatic heterocycles. The highest BCUT2D eigenvalue weighted by molar-refractivity contribution is 5.73. The Morgan fingerprint density at radius 2 is 1.51 bits per heavy atom. The molecule has 1 aliphatic rings. The molecule has 0 unspecified atom stereocenters. The first-order valence-electron chi connectivity index (χ1n) is 11.0. The van der Waals surface area contributed by atoms with Crippen LogP contribution in [0, 0.1) is 5.82 Å². The van der Waals surface area contributed by atoms with Crippen molar-refractivity contribution in [2.24, 2.45) is 0 Å². The van der Waals surface area contributed by atoms with Gasteiger partial charge in [0.1, 0.15) is 12.1 Å². The molecule has 8 nitrogen and oxygen atoms in total. The maximum absolute atomic E-state index is 13.6. The number of aromatic nitrogens is 3. The van der Waals surface area contributed by atoms with Gasteiger partial charge in [0.25, 0.3) is 0 Å². The molecule has 0 saturated carbocycles. The highest BCUT2D eigenvalue weighted by Gasteiger charge is 2.38. The molecule has 1 aliphatic heterocycles. The number of nitrogens with zero attached hydrogens (tertiary/aromatic N) is 4. The second-order valence-corrected chi connectivity index (χ2v) is 7.90. The van der Waals surface area contributed by atoms with Crippen LogP contribution in [0.5, 0.6) is 0 Å². The molecule has 210 valence electrons. The second-order valence-electron chi connectivity index (χ2n) is 7.90. The smallest absolute Gasteiger partial charge is 0.475 e. The van der Waals surface area contributed by atoms with E-state index in [2.05, 4.69) is 25.9 Å². The summed E-state index contributed by atoms with van der Waals surface area (Å²) in [7, 11) is 0. The Labute approximate surface area is 216 Å². The van der Waals surface area contributed by atoms with Crippen molar-refractivity contribution in [1.82, 2.24) is 19.9 Å². The van der Waals surface area contributed by atoms with Gasteiger partial charge >= 0.3 is 24.3 Å². The Morgan fingerprint density at radius 1 is 0.897 bits per heavy atom. The molecular weight excluding hydrogens is 541 g/mol. The Balaban J connectivity index is 0.000000317. The summed E-state index contributed by atoms with van der Waals surface area (Å²) in [6.07, 6.45) is -3.13. The Kier molecular flexibility index (Phi) is 10.8.